The zero-order valence-electron chi connectivity index (χ0n) is 18.6. The zero-order chi connectivity index (χ0) is 22.5. The van der Waals surface area contributed by atoms with Gasteiger partial charge in [0.25, 0.3) is 0 Å². The molecule has 0 unspecified atom stereocenters. The van der Waals surface area contributed by atoms with Gasteiger partial charge in [-0.05, 0) is 33.5 Å². The van der Waals surface area contributed by atoms with E-state index in [1.54, 1.807) is 0 Å². The molecule has 0 spiro atoms. The molecule has 7 rings (SSSR count). The molecule has 34 heavy (non-hydrogen) atoms. The Kier molecular flexibility index (Phi) is 4.22. The molecule has 1 nitrogen and oxygen atoms in total. The summed E-state index contributed by atoms with van der Waals surface area (Å²) in [5.41, 5.74) is 7.02. The van der Waals surface area contributed by atoms with Crippen LogP contribution >= 0.6 is 0 Å². The highest BCUT2D eigenvalue weighted by Crippen LogP contribution is 2.40. The van der Waals surface area contributed by atoms with Gasteiger partial charge in [0.1, 0.15) is 0 Å². The van der Waals surface area contributed by atoms with Crippen molar-refractivity contribution in [1.29, 1.82) is 0 Å². The quantitative estimate of drug-likeness (QED) is 0.196. The van der Waals surface area contributed by atoms with E-state index in [-0.39, 0.29) is 0 Å². The molecule has 0 aliphatic rings. The van der Waals surface area contributed by atoms with Gasteiger partial charge >= 0.3 is 0 Å². The number of nitrogens with zero attached hydrogens (tertiary/aromatic N) is 1. The van der Waals surface area contributed by atoms with E-state index < -0.39 is 0 Å². The summed E-state index contributed by atoms with van der Waals surface area (Å²) in [6.07, 6.45) is 0. The normalized spacial score (nSPS) is 11.5. The van der Waals surface area contributed by atoms with Crippen molar-refractivity contribution in [3.63, 3.8) is 0 Å². The molecule has 0 aliphatic heterocycles. The van der Waals surface area contributed by atoms with Gasteiger partial charge in [-0.25, -0.2) is 4.98 Å². The van der Waals surface area contributed by atoms with Gasteiger partial charge in [0.2, 0.25) is 0 Å². The Balaban J connectivity index is 1.65. The fourth-order valence-electron chi connectivity index (χ4n) is 5.21. The zero-order valence-corrected chi connectivity index (χ0v) is 18.6. The first-order valence-electron chi connectivity index (χ1n) is 11.7. The molecule has 0 radical (unpaired) electrons. The van der Waals surface area contributed by atoms with Gasteiger partial charge in [-0.3, -0.25) is 0 Å². The lowest BCUT2D eigenvalue weighted by atomic mass is 9.91. The molecule has 158 valence electrons. The fourth-order valence-corrected chi connectivity index (χ4v) is 5.21. The molecule has 0 atom stereocenters. The van der Waals surface area contributed by atoms with Crippen molar-refractivity contribution in [2.75, 3.05) is 0 Å². The summed E-state index contributed by atoms with van der Waals surface area (Å²) in [5, 5.41) is 7.18. The maximum absolute atomic E-state index is 5.30. The second-order valence-electron chi connectivity index (χ2n) is 8.80. The number of pyridine rings is 1. The Morgan fingerprint density at radius 2 is 0.882 bits per heavy atom. The number of benzene rings is 6. The lowest BCUT2D eigenvalue weighted by molar-refractivity contribution is 1.53. The average Bonchev–Trinajstić information content (AvgIpc) is 2.92. The summed E-state index contributed by atoms with van der Waals surface area (Å²) in [4.78, 5) is 5.30. The molecule has 1 heterocycles. The van der Waals surface area contributed by atoms with Crippen LogP contribution in [0.1, 0.15) is 0 Å². The Hall–Kier alpha value is -4.49. The van der Waals surface area contributed by atoms with Crippen LogP contribution in [0, 0.1) is 0 Å². The molecule has 0 saturated heterocycles. The molecule has 1 heteroatoms. The van der Waals surface area contributed by atoms with Crippen molar-refractivity contribution in [1.82, 2.24) is 4.98 Å². The first-order chi connectivity index (χ1) is 16.9. The van der Waals surface area contributed by atoms with Crippen LogP contribution in [0.15, 0.2) is 127 Å². The first kappa shape index (κ1) is 19.0. The van der Waals surface area contributed by atoms with Gasteiger partial charge in [0.15, 0.2) is 0 Å². The monoisotopic (exact) mass is 431 g/mol. The summed E-state index contributed by atoms with van der Waals surface area (Å²) in [6.45, 7) is 0. The topological polar surface area (TPSA) is 12.9 Å². The third-order valence-corrected chi connectivity index (χ3v) is 6.82. The predicted molar refractivity (Wildman–Crippen MR) is 145 cm³/mol. The Morgan fingerprint density at radius 1 is 0.353 bits per heavy atom. The minimum atomic E-state index is 1.06. The molecule has 0 saturated carbocycles. The minimum absolute atomic E-state index is 1.06. The van der Waals surface area contributed by atoms with Gasteiger partial charge in [0.05, 0.1) is 11.0 Å². The highest BCUT2D eigenvalue weighted by atomic mass is 14.7. The van der Waals surface area contributed by atoms with E-state index in [0.29, 0.717) is 0 Å². The standard InChI is InChI=1S/C33H21N/c1-2-9-22(10-3-1)25-13-8-14-26(21-25)31-29-19-17-23-11-4-6-15-27(23)32(29)34-33-28-16-7-5-12-24(28)18-20-30(31)33/h1-21H. The predicted octanol–water partition coefficient (Wildman–Crippen LogP) is 9.03. The molecule has 0 N–H and O–H groups in total. The van der Waals surface area contributed by atoms with E-state index in [0.717, 1.165) is 11.0 Å². The number of fused-ring (bicyclic) bond motifs is 6. The molecule has 6 aromatic carbocycles. The van der Waals surface area contributed by atoms with Crippen molar-refractivity contribution < 1.29 is 0 Å². The lowest BCUT2D eigenvalue weighted by Crippen LogP contribution is -1.92. The van der Waals surface area contributed by atoms with Crippen molar-refractivity contribution >= 4 is 43.4 Å². The van der Waals surface area contributed by atoms with Crippen molar-refractivity contribution in [3.8, 4) is 22.3 Å². The second kappa shape index (κ2) is 7.54. The summed E-state index contributed by atoms with van der Waals surface area (Å²) in [7, 11) is 0. The van der Waals surface area contributed by atoms with E-state index >= 15 is 0 Å². The molecule has 0 aliphatic carbocycles. The van der Waals surface area contributed by atoms with Crippen LogP contribution in [0.5, 0.6) is 0 Å². The Morgan fingerprint density at radius 3 is 1.53 bits per heavy atom. The van der Waals surface area contributed by atoms with Gasteiger partial charge in [-0.15, -0.1) is 0 Å². The van der Waals surface area contributed by atoms with Crippen LogP contribution in [0.3, 0.4) is 0 Å². The second-order valence-corrected chi connectivity index (χ2v) is 8.80. The summed E-state index contributed by atoms with van der Waals surface area (Å²) in [6, 6.07) is 45.5. The van der Waals surface area contributed by atoms with Crippen molar-refractivity contribution in [2.24, 2.45) is 0 Å². The summed E-state index contributed by atoms with van der Waals surface area (Å²) in [5.74, 6) is 0. The van der Waals surface area contributed by atoms with Gasteiger partial charge in [0, 0.05) is 27.1 Å². The van der Waals surface area contributed by atoms with Gasteiger partial charge in [-0.1, -0.05) is 121 Å². The van der Waals surface area contributed by atoms with Crippen LogP contribution in [0.4, 0.5) is 0 Å². The highest BCUT2D eigenvalue weighted by Gasteiger charge is 2.15. The number of rotatable bonds is 2. The van der Waals surface area contributed by atoms with E-state index in [1.807, 2.05) is 0 Å². The lowest BCUT2D eigenvalue weighted by Gasteiger charge is -2.15. The molecule has 0 fully saturated rings. The minimum Gasteiger partial charge on any atom is -0.246 e. The molecular formula is C33H21N. The molecule has 1 aromatic heterocycles. The summed E-state index contributed by atoms with van der Waals surface area (Å²) < 4.78 is 0. The van der Waals surface area contributed by atoms with Crippen LogP contribution in [-0.2, 0) is 0 Å². The van der Waals surface area contributed by atoms with E-state index in [9.17, 15) is 0 Å². The Labute approximate surface area is 197 Å². The molecular weight excluding hydrogens is 410 g/mol. The molecule has 0 bridgehead atoms. The maximum Gasteiger partial charge on any atom is 0.0794 e. The highest BCUT2D eigenvalue weighted by molar-refractivity contribution is 6.21. The maximum atomic E-state index is 5.30. The Bertz CT molecular complexity index is 1750. The van der Waals surface area contributed by atoms with Crippen LogP contribution in [0.25, 0.3) is 65.6 Å². The average molecular weight is 432 g/mol. The molecule has 7 aromatic rings. The summed E-state index contributed by atoms with van der Waals surface area (Å²) >= 11 is 0. The third kappa shape index (κ3) is 2.91. The molecule has 0 amide bonds. The van der Waals surface area contributed by atoms with E-state index in [4.69, 9.17) is 4.98 Å². The van der Waals surface area contributed by atoms with E-state index in [2.05, 4.69) is 127 Å². The first-order valence-corrected chi connectivity index (χ1v) is 11.7. The van der Waals surface area contributed by atoms with Gasteiger partial charge in [-0.2, -0.15) is 0 Å². The SMILES string of the molecule is c1ccc(-c2cccc(-c3c4ccc5ccccc5c4nc4c3ccc3ccccc34)c2)cc1. The van der Waals surface area contributed by atoms with E-state index in [1.165, 1.54) is 54.6 Å². The van der Waals surface area contributed by atoms with Crippen LogP contribution in [0.2, 0.25) is 0 Å². The number of aromatic nitrogens is 1. The fraction of sp³-hybridized carbons (Fsp3) is 0. The van der Waals surface area contributed by atoms with Crippen LogP contribution in [-0.4, -0.2) is 4.98 Å². The van der Waals surface area contributed by atoms with Crippen molar-refractivity contribution in [2.45, 2.75) is 0 Å². The number of hydrogen-bond donors (Lipinski definition) is 0. The van der Waals surface area contributed by atoms with Crippen LogP contribution < -0.4 is 0 Å². The van der Waals surface area contributed by atoms with Gasteiger partial charge < -0.3 is 0 Å². The largest absolute Gasteiger partial charge is 0.246 e. The number of hydrogen-bond acceptors (Lipinski definition) is 1. The smallest absolute Gasteiger partial charge is 0.0794 e. The third-order valence-electron chi connectivity index (χ3n) is 6.82. The van der Waals surface area contributed by atoms with Crippen molar-refractivity contribution in [3.05, 3.63) is 127 Å².